The minimum Gasteiger partial charge on any atom is -0.497 e. The Bertz CT molecular complexity index is 721. The molecule has 0 aromatic heterocycles. The van der Waals surface area contributed by atoms with Crippen LogP contribution >= 0.6 is 0 Å². The number of nitrogens with zero attached hydrogens (tertiary/aromatic N) is 1. The lowest BCUT2D eigenvalue weighted by Crippen LogP contribution is -2.30. The van der Waals surface area contributed by atoms with Gasteiger partial charge in [0.1, 0.15) is 5.75 Å². The number of carbonyl (C=O) groups is 1. The monoisotopic (exact) mass is 338 g/mol. The highest BCUT2D eigenvalue weighted by Crippen LogP contribution is 2.19. The summed E-state index contributed by atoms with van der Waals surface area (Å²) in [5.74, 6) is -4.13. The van der Waals surface area contributed by atoms with Gasteiger partial charge in [0.2, 0.25) is 5.91 Å². The van der Waals surface area contributed by atoms with E-state index >= 15 is 0 Å². The molecule has 0 bridgehead atoms. The van der Waals surface area contributed by atoms with Gasteiger partial charge >= 0.3 is 0 Å². The lowest BCUT2D eigenvalue weighted by atomic mass is 10.2. The zero-order valence-electron chi connectivity index (χ0n) is 13.3. The molecule has 0 saturated carbocycles. The summed E-state index contributed by atoms with van der Waals surface area (Å²) >= 11 is 0. The minimum atomic E-state index is -1.61. The lowest BCUT2D eigenvalue weighted by Gasteiger charge is -2.17. The first-order valence-electron chi connectivity index (χ1n) is 7.15. The van der Waals surface area contributed by atoms with Crippen LogP contribution in [0.2, 0.25) is 0 Å². The number of methoxy groups -OCH3 is 1. The van der Waals surface area contributed by atoms with Crippen molar-refractivity contribution in [3.05, 3.63) is 59.4 Å². The molecule has 2 aromatic rings. The van der Waals surface area contributed by atoms with Crippen molar-refractivity contribution in [2.24, 2.45) is 0 Å². The van der Waals surface area contributed by atoms with Crippen molar-refractivity contribution in [1.29, 1.82) is 0 Å². The van der Waals surface area contributed by atoms with Crippen LogP contribution < -0.4 is 10.1 Å². The van der Waals surface area contributed by atoms with E-state index in [0.717, 1.165) is 23.4 Å². The zero-order valence-corrected chi connectivity index (χ0v) is 13.3. The van der Waals surface area contributed by atoms with Gasteiger partial charge in [-0.25, -0.2) is 13.2 Å². The first kappa shape index (κ1) is 17.8. The third-order valence-corrected chi connectivity index (χ3v) is 3.33. The van der Waals surface area contributed by atoms with Crippen molar-refractivity contribution in [3.8, 4) is 5.75 Å². The van der Waals surface area contributed by atoms with Crippen LogP contribution in [0.15, 0.2) is 36.4 Å². The van der Waals surface area contributed by atoms with Crippen LogP contribution in [0.1, 0.15) is 5.56 Å². The van der Waals surface area contributed by atoms with E-state index in [4.69, 9.17) is 4.74 Å². The third kappa shape index (κ3) is 4.48. The van der Waals surface area contributed by atoms with Crippen molar-refractivity contribution >= 4 is 11.6 Å². The fraction of sp³-hybridized carbons (Fsp3) is 0.235. The standard InChI is InChI=1S/C17H17F3N2O2/c1-22(9-11-3-5-12(24-2)6-4-11)10-15(23)21-14-8-7-13(18)16(19)17(14)20/h3-8H,9-10H2,1-2H3,(H,21,23). The number of amides is 1. The number of halogens is 3. The van der Waals surface area contributed by atoms with Crippen LogP contribution in [-0.4, -0.2) is 31.5 Å². The molecule has 1 amide bonds. The van der Waals surface area contributed by atoms with E-state index in [9.17, 15) is 18.0 Å². The largest absolute Gasteiger partial charge is 0.497 e. The Labute approximate surface area is 137 Å². The molecule has 0 spiro atoms. The van der Waals surface area contributed by atoms with Gasteiger partial charge in [-0.15, -0.1) is 0 Å². The molecule has 24 heavy (non-hydrogen) atoms. The summed E-state index contributed by atoms with van der Waals surface area (Å²) in [4.78, 5) is 13.6. The van der Waals surface area contributed by atoms with Crippen molar-refractivity contribution in [2.45, 2.75) is 6.54 Å². The van der Waals surface area contributed by atoms with Gasteiger partial charge in [-0.2, -0.15) is 0 Å². The van der Waals surface area contributed by atoms with Gasteiger partial charge in [-0.3, -0.25) is 9.69 Å². The predicted molar refractivity (Wildman–Crippen MR) is 84.3 cm³/mol. The van der Waals surface area contributed by atoms with E-state index in [1.54, 1.807) is 31.2 Å². The van der Waals surface area contributed by atoms with E-state index in [1.807, 2.05) is 12.1 Å². The number of anilines is 1. The fourth-order valence-corrected chi connectivity index (χ4v) is 2.16. The number of likely N-dealkylation sites (N-methyl/N-ethyl adjacent to an activating group) is 1. The summed E-state index contributed by atoms with van der Waals surface area (Å²) in [5, 5.41) is 2.23. The topological polar surface area (TPSA) is 41.6 Å². The molecule has 4 nitrogen and oxygen atoms in total. The van der Waals surface area contributed by atoms with Crippen molar-refractivity contribution in [3.63, 3.8) is 0 Å². The second-order valence-corrected chi connectivity index (χ2v) is 5.29. The molecule has 0 aliphatic rings. The summed E-state index contributed by atoms with van der Waals surface area (Å²) in [6.45, 7) is 0.447. The summed E-state index contributed by atoms with van der Waals surface area (Å²) in [7, 11) is 3.29. The molecule has 0 aliphatic heterocycles. The molecule has 0 unspecified atom stereocenters. The van der Waals surface area contributed by atoms with E-state index in [0.29, 0.717) is 6.54 Å². The van der Waals surface area contributed by atoms with Gasteiger partial charge in [0.15, 0.2) is 17.5 Å². The number of carbonyl (C=O) groups excluding carboxylic acids is 1. The van der Waals surface area contributed by atoms with Crippen molar-refractivity contribution in [1.82, 2.24) is 4.90 Å². The highest BCUT2D eigenvalue weighted by molar-refractivity contribution is 5.92. The molecule has 0 heterocycles. The number of nitrogens with one attached hydrogen (secondary N) is 1. The van der Waals surface area contributed by atoms with Crippen LogP contribution in [-0.2, 0) is 11.3 Å². The SMILES string of the molecule is COc1ccc(CN(C)CC(=O)Nc2ccc(F)c(F)c2F)cc1. The molecule has 2 aromatic carbocycles. The van der Waals surface area contributed by atoms with Crippen LogP contribution in [0.4, 0.5) is 18.9 Å². The van der Waals surface area contributed by atoms with Crippen LogP contribution in [0.25, 0.3) is 0 Å². The first-order valence-corrected chi connectivity index (χ1v) is 7.15. The van der Waals surface area contributed by atoms with Crippen LogP contribution in [0.3, 0.4) is 0 Å². The third-order valence-electron chi connectivity index (χ3n) is 3.33. The number of rotatable bonds is 6. The van der Waals surface area contributed by atoms with Crippen molar-refractivity contribution in [2.75, 3.05) is 26.0 Å². The summed E-state index contributed by atoms with van der Waals surface area (Å²) in [5.41, 5.74) is 0.571. The molecule has 0 saturated heterocycles. The number of hydrogen-bond acceptors (Lipinski definition) is 3. The maximum atomic E-state index is 13.5. The van der Waals surface area contributed by atoms with Gasteiger partial charge < -0.3 is 10.1 Å². The van der Waals surface area contributed by atoms with E-state index < -0.39 is 29.0 Å². The van der Waals surface area contributed by atoms with Gasteiger partial charge in [0, 0.05) is 6.54 Å². The minimum absolute atomic E-state index is 0.0372. The quantitative estimate of drug-likeness (QED) is 0.823. The number of benzene rings is 2. The van der Waals surface area contributed by atoms with Crippen LogP contribution in [0, 0.1) is 17.5 Å². The second-order valence-electron chi connectivity index (χ2n) is 5.29. The Morgan fingerprint density at radius 3 is 2.38 bits per heavy atom. The van der Waals surface area contributed by atoms with E-state index in [-0.39, 0.29) is 6.54 Å². The molecular formula is C17H17F3N2O2. The Kier molecular flexibility index (Phi) is 5.81. The molecule has 0 atom stereocenters. The molecule has 2 rings (SSSR count). The number of hydrogen-bond donors (Lipinski definition) is 1. The molecule has 0 fully saturated rings. The average Bonchev–Trinajstić information content (AvgIpc) is 2.56. The Morgan fingerprint density at radius 2 is 1.75 bits per heavy atom. The zero-order chi connectivity index (χ0) is 17.7. The van der Waals surface area contributed by atoms with Gasteiger partial charge in [0.05, 0.1) is 19.3 Å². The first-order chi connectivity index (χ1) is 11.4. The summed E-state index contributed by atoms with van der Waals surface area (Å²) in [6, 6.07) is 9.08. The number of ether oxygens (including phenoxy) is 1. The van der Waals surface area contributed by atoms with Gasteiger partial charge in [-0.1, -0.05) is 12.1 Å². The molecule has 128 valence electrons. The Balaban J connectivity index is 1.92. The highest BCUT2D eigenvalue weighted by Gasteiger charge is 2.16. The molecule has 0 radical (unpaired) electrons. The van der Waals surface area contributed by atoms with Gasteiger partial charge in [0.25, 0.3) is 0 Å². The van der Waals surface area contributed by atoms with Crippen molar-refractivity contribution < 1.29 is 22.7 Å². The summed E-state index contributed by atoms with van der Waals surface area (Å²) < 4.78 is 44.6. The second kappa shape index (κ2) is 7.83. The van der Waals surface area contributed by atoms with Crippen LogP contribution in [0.5, 0.6) is 5.75 Å². The average molecular weight is 338 g/mol. The van der Waals surface area contributed by atoms with Gasteiger partial charge in [-0.05, 0) is 36.9 Å². The fourth-order valence-electron chi connectivity index (χ4n) is 2.16. The maximum absolute atomic E-state index is 13.5. The van der Waals surface area contributed by atoms with E-state index in [1.165, 1.54) is 0 Å². The maximum Gasteiger partial charge on any atom is 0.238 e. The molecular weight excluding hydrogens is 321 g/mol. The normalized spacial score (nSPS) is 10.8. The van der Waals surface area contributed by atoms with E-state index in [2.05, 4.69) is 5.32 Å². The summed E-state index contributed by atoms with van der Waals surface area (Å²) in [6.07, 6.45) is 0. The molecule has 0 aliphatic carbocycles. The highest BCUT2D eigenvalue weighted by atomic mass is 19.2. The molecule has 1 N–H and O–H groups in total. The lowest BCUT2D eigenvalue weighted by molar-refractivity contribution is -0.117. The Hall–Kier alpha value is -2.54. The Morgan fingerprint density at radius 1 is 1.08 bits per heavy atom. The molecule has 7 heteroatoms. The smallest absolute Gasteiger partial charge is 0.238 e. The predicted octanol–water partition coefficient (Wildman–Crippen LogP) is 3.18.